The molecule has 0 radical (unpaired) electrons. The van der Waals surface area contributed by atoms with E-state index in [4.69, 9.17) is 4.42 Å². The van der Waals surface area contributed by atoms with Crippen LogP contribution >= 0.6 is 0 Å². The molecule has 0 fully saturated rings. The zero-order valence-electron chi connectivity index (χ0n) is 15.8. The maximum atomic E-state index is 13.0. The van der Waals surface area contributed by atoms with E-state index in [1.165, 1.54) is 18.4 Å². The van der Waals surface area contributed by atoms with Crippen LogP contribution < -0.4 is 5.32 Å². The Morgan fingerprint density at radius 1 is 1.03 bits per heavy atom. The topological polar surface area (TPSA) is 62.6 Å². The summed E-state index contributed by atoms with van der Waals surface area (Å²) in [5.74, 6) is -0.580. The molecule has 0 saturated carbocycles. The summed E-state index contributed by atoms with van der Waals surface area (Å²) in [6.07, 6.45) is 2.48. The summed E-state index contributed by atoms with van der Waals surface area (Å²) in [6.45, 7) is 0.761. The highest BCUT2D eigenvalue weighted by atomic mass is 19.1. The molecule has 1 aromatic heterocycles. The highest BCUT2D eigenvalue weighted by Gasteiger charge is 2.35. The smallest absolute Gasteiger partial charge is 0.290 e. The van der Waals surface area contributed by atoms with Gasteiger partial charge in [-0.3, -0.25) is 9.59 Å². The average molecular weight is 392 g/mol. The van der Waals surface area contributed by atoms with Crippen LogP contribution in [-0.2, 0) is 24.2 Å². The van der Waals surface area contributed by atoms with Crippen LogP contribution in [0.5, 0.6) is 0 Å². The molecule has 148 valence electrons. The van der Waals surface area contributed by atoms with Gasteiger partial charge in [0, 0.05) is 19.5 Å². The van der Waals surface area contributed by atoms with Crippen LogP contribution in [0.25, 0.3) is 0 Å². The van der Waals surface area contributed by atoms with Gasteiger partial charge in [0.15, 0.2) is 5.76 Å². The van der Waals surface area contributed by atoms with Crippen LogP contribution in [0.15, 0.2) is 71.3 Å². The number of rotatable bonds is 5. The Labute approximate surface area is 168 Å². The molecule has 1 aliphatic heterocycles. The van der Waals surface area contributed by atoms with E-state index in [-0.39, 0.29) is 23.4 Å². The molecule has 2 heterocycles. The normalized spacial score (nSPS) is 15.6. The van der Waals surface area contributed by atoms with Crippen LogP contribution in [0.2, 0.25) is 0 Å². The van der Waals surface area contributed by atoms with Crippen molar-refractivity contribution in [2.75, 3.05) is 6.54 Å². The predicted octanol–water partition coefficient (Wildman–Crippen LogP) is 3.34. The number of nitrogens with zero attached hydrogens (tertiary/aromatic N) is 1. The summed E-state index contributed by atoms with van der Waals surface area (Å²) >= 11 is 0. The molecule has 5 nitrogen and oxygen atoms in total. The number of nitrogens with one attached hydrogen (secondary N) is 1. The van der Waals surface area contributed by atoms with Crippen molar-refractivity contribution in [3.05, 3.63) is 95.2 Å². The third kappa shape index (κ3) is 4.21. The Kier molecular flexibility index (Phi) is 5.42. The minimum absolute atomic E-state index is 0.207. The first-order chi connectivity index (χ1) is 14.1. The largest absolute Gasteiger partial charge is 0.459 e. The van der Waals surface area contributed by atoms with Gasteiger partial charge in [-0.15, -0.1) is 0 Å². The monoisotopic (exact) mass is 392 g/mol. The Morgan fingerprint density at radius 3 is 2.52 bits per heavy atom. The van der Waals surface area contributed by atoms with Gasteiger partial charge in [-0.2, -0.15) is 0 Å². The molecule has 4 rings (SSSR count). The highest BCUT2D eigenvalue weighted by molar-refractivity contribution is 5.96. The van der Waals surface area contributed by atoms with E-state index < -0.39 is 6.04 Å². The predicted molar refractivity (Wildman–Crippen MR) is 106 cm³/mol. The second-order valence-electron chi connectivity index (χ2n) is 7.07. The summed E-state index contributed by atoms with van der Waals surface area (Å²) in [4.78, 5) is 27.4. The van der Waals surface area contributed by atoms with Gasteiger partial charge in [0.25, 0.3) is 5.91 Å². The first-order valence-corrected chi connectivity index (χ1v) is 9.55. The molecule has 0 spiro atoms. The van der Waals surface area contributed by atoms with Crippen molar-refractivity contribution in [2.24, 2.45) is 0 Å². The summed E-state index contributed by atoms with van der Waals surface area (Å²) in [7, 11) is 0. The fraction of sp³-hybridized carbons (Fsp3) is 0.217. The number of fused-ring (bicyclic) bond motifs is 1. The number of benzene rings is 2. The van der Waals surface area contributed by atoms with Crippen molar-refractivity contribution >= 4 is 11.8 Å². The van der Waals surface area contributed by atoms with Crippen LogP contribution in [0.1, 0.15) is 27.2 Å². The number of furan rings is 1. The Morgan fingerprint density at radius 2 is 1.79 bits per heavy atom. The molecule has 6 heteroatoms. The van der Waals surface area contributed by atoms with E-state index in [1.54, 1.807) is 29.2 Å². The molecule has 1 N–H and O–H groups in total. The number of carbonyl (C=O) groups is 2. The summed E-state index contributed by atoms with van der Waals surface area (Å²) in [5.41, 5.74) is 3.03. The number of amides is 2. The molecule has 1 atom stereocenters. The molecular formula is C23H21FN2O3. The van der Waals surface area contributed by atoms with Gasteiger partial charge < -0.3 is 14.6 Å². The number of hydrogen-bond donors (Lipinski definition) is 1. The first-order valence-electron chi connectivity index (χ1n) is 9.55. The summed E-state index contributed by atoms with van der Waals surface area (Å²) < 4.78 is 18.3. The fourth-order valence-corrected chi connectivity index (χ4v) is 3.61. The minimum atomic E-state index is -0.615. The van der Waals surface area contributed by atoms with E-state index in [2.05, 4.69) is 5.32 Å². The van der Waals surface area contributed by atoms with Crippen LogP contribution in [0.4, 0.5) is 4.39 Å². The lowest BCUT2D eigenvalue weighted by Crippen LogP contribution is -2.52. The lowest BCUT2D eigenvalue weighted by Gasteiger charge is -2.35. The van der Waals surface area contributed by atoms with Crippen molar-refractivity contribution in [2.45, 2.75) is 25.4 Å². The van der Waals surface area contributed by atoms with Crippen LogP contribution in [0, 0.1) is 5.82 Å². The highest BCUT2D eigenvalue weighted by Crippen LogP contribution is 2.25. The number of hydrogen-bond acceptors (Lipinski definition) is 3. The lowest BCUT2D eigenvalue weighted by atomic mass is 9.93. The molecule has 0 saturated heterocycles. The van der Waals surface area contributed by atoms with E-state index in [1.807, 2.05) is 24.3 Å². The summed E-state index contributed by atoms with van der Waals surface area (Å²) in [5, 5.41) is 2.92. The third-order valence-electron chi connectivity index (χ3n) is 5.17. The summed E-state index contributed by atoms with van der Waals surface area (Å²) in [6, 6.07) is 16.7. The second kappa shape index (κ2) is 8.31. The van der Waals surface area contributed by atoms with E-state index >= 15 is 0 Å². The zero-order valence-corrected chi connectivity index (χ0v) is 15.8. The van der Waals surface area contributed by atoms with Crippen molar-refractivity contribution in [3.63, 3.8) is 0 Å². The third-order valence-corrected chi connectivity index (χ3v) is 5.17. The molecular weight excluding hydrogens is 371 g/mol. The van der Waals surface area contributed by atoms with Gasteiger partial charge in [0.2, 0.25) is 5.91 Å². The quantitative estimate of drug-likeness (QED) is 0.724. The lowest BCUT2D eigenvalue weighted by molar-refractivity contribution is -0.126. The van der Waals surface area contributed by atoms with Gasteiger partial charge in [-0.05, 0) is 47.4 Å². The zero-order chi connectivity index (χ0) is 20.2. The molecule has 0 bridgehead atoms. The van der Waals surface area contributed by atoms with E-state index in [0.29, 0.717) is 25.9 Å². The SMILES string of the molecule is O=C(NCCc1ccc(F)cc1)C1Cc2ccccc2CN1C(=O)c1ccco1. The Bertz CT molecular complexity index is 999. The van der Waals surface area contributed by atoms with Gasteiger partial charge in [-0.1, -0.05) is 36.4 Å². The first kappa shape index (κ1) is 18.9. The van der Waals surface area contributed by atoms with Gasteiger partial charge >= 0.3 is 0 Å². The molecule has 3 aromatic rings. The van der Waals surface area contributed by atoms with Gasteiger partial charge in [-0.25, -0.2) is 4.39 Å². The maximum Gasteiger partial charge on any atom is 0.290 e. The van der Waals surface area contributed by atoms with Crippen molar-refractivity contribution in [3.8, 4) is 0 Å². The Hall–Kier alpha value is -3.41. The second-order valence-corrected chi connectivity index (χ2v) is 7.07. The minimum Gasteiger partial charge on any atom is -0.459 e. The van der Waals surface area contributed by atoms with Crippen LogP contribution in [0.3, 0.4) is 0 Å². The van der Waals surface area contributed by atoms with Gasteiger partial charge in [0.1, 0.15) is 11.9 Å². The molecule has 1 unspecified atom stereocenters. The molecule has 29 heavy (non-hydrogen) atoms. The fourth-order valence-electron chi connectivity index (χ4n) is 3.61. The Balaban J connectivity index is 1.48. The van der Waals surface area contributed by atoms with E-state index in [0.717, 1.165) is 16.7 Å². The van der Waals surface area contributed by atoms with E-state index in [9.17, 15) is 14.0 Å². The van der Waals surface area contributed by atoms with Crippen molar-refractivity contribution in [1.29, 1.82) is 0 Å². The van der Waals surface area contributed by atoms with Crippen LogP contribution in [-0.4, -0.2) is 29.3 Å². The average Bonchev–Trinajstić information content (AvgIpc) is 3.28. The standard InChI is InChI=1S/C23H21FN2O3/c24-19-9-7-16(8-10-19)11-12-25-22(27)20-14-17-4-1-2-5-18(17)15-26(20)23(28)21-6-3-13-29-21/h1-10,13,20H,11-12,14-15H2,(H,25,27). The van der Waals surface area contributed by atoms with Crippen molar-refractivity contribution < 1.29 is 18.4 Å². The molecule has 1 aliphatic rings. The number of carbonyl (C=O) groups excluding carboxylic acids is 2. The maximum absolute atomic E-state index is 13.0. The molecule has 2 aromatic carbocycles. The molecule has 2 amide bonds. The van der Waals surface area contributed by atoms with Gasteiger partial charge in [0.05, 0.1) is 6.26 Å². The van der Waals surface area contributed by atoms with Crippen molar-refractivity contribution in [1.82, 2.24) is 10.2 Å². The molecule has 0 aliphatic carbocycles. The number of halogens is 1.